The van der Waals surface area contributed by atoms with Crippen LogP contribution in [0, 0.1) is 0 Å². The van der Waals surface area contributed by atoms with Gasteiger partial charge in [0.15, 0.2) is 0 Å². The fourth-order valence-corrected chi connectivity index (χ4v) is 2.60. The van der Waals surface area contributed by atoms with Crippen LogP contribution in [-0.4, -0.2) is 25.2 Å². The molecule has 4 nitrogen and oxygen atoms in total. The largest absolute Gasteiger partial charge is 0.492 e. The van der Waals surface area contributed by atoms with E-state index in [1.54, 1.807) is 0 Å². The second kappa shape index (κ2) is 7.91. The number of ether oxygens (including phenoxy) is 1. The minimum absolute atomic E-state index is 0.0820. The molecule has 2 rings (SSSR count). The maximum absolute atomic E-state index is 11.7. The van der Waals surface area contributed by atoms with Crippen LogP contribution in [0.5, 0.6) is 5.75 Å². The van der Waals surface area contributed by atoms with Crippen molar-refractivity contribution in [3.63, 3.8) is 0 Å². The molecule has 0 bridgehead atoms. The summed E-state index contributed by atoms with van der Waals surface area (Å²) >= 11 is 0. The molecule has 0 radical (unpaired) electrons. The summed E-state index contributed by atoms with van der Waals surface area (Å²) in [5.74, 6) is 1.35. The van der Waals surface area contributed by atoms with Crippen molar-refractivity contribution in [2.45, 2.75) is 51.5 Å². The lowest BCUT2D eigenvalue weighted by atomic mass is 10.0. The minimum Gasteiger partial charge on any atom is -0.492 e. The SMILES string of the molecule is CC(C)c1cccc(OCCNC(=O)NC2CCCC2)c1. The average Bonchev–Trinajstić information content (AvgIpc) is 2.97. The number of hydrogen-bond donors (Lipinski definition) is 2. The van der Waals surface area contributed by atoms with E-state index < -0.39 is 0 Å². The van der Waals surface area contributed by atoms with Crippen molar-refractivity contribution in [3.8, 4) is 5.75 Å². The van der Waals surface area contributed by atoms with Gasteiger partial charge in [-0.1, -0.05) is 38.8 Å². The van der Waals surface area contributed by atoms with Gasteiger partial charge in [0.25, 0.3) is 0 Å². The lowest BCUT2D eigenvalue weighted by Gasteiger charge is -2.13. The molecule has 1 fully saturated rings. The molecule has 0 heterocycles. The average molecular weight is 290 g/mol. The molecule has 0 saturated heterocycles. The number of rotatable bonds is 6. The number of amides is 2. The molecular formula is C17H26N2O2. The van der Waals surface area contributed by atoms with E-state index >= 15 is 0 Å². The van der Waals surface area contributed by atoms with E-state index in [0.29, 0.717) is 25.1 Å². The van der Waals surface area contributed by atoms with Gasteiger partial charge in [-0.2, -0.15) is 0 Å². The number of nitrogens with one attached hydrogen (secondary N) is 2. The molecule has 116 valence electrons. The van der Waals surface area contributed by atoms with Gasteiger partial charge < -0.3 is 15.4 Å². The second-order valence-electron chi connectivity index (χ2n) is 5.96. The van der Waals surface area contributed by atoms with Crippen LogP contribution in [0.1, 0.15) is 51.0 Å². The topological polar surface area (TPSA) is 50.4 Å². The van der Waals surface area contributed by atoms with Gasteiger partial charge in [0, 0.05) is 6.04 Å². The summed E-state index contributed by atoms with van der Waals surface area (Å²) in [4.78, 5) is 11.7. The molecule has 0 atom stereocenters. The first-order chi connectivity index (χ1) is 10.1. The van der Waals surface area contributed by atoms with Crippen LogP contribution >= 0.6 is 0 Å². The van der Waals surface area contributed by atoms with Crippen LogP contribution in [0.2, 0.25) is 0 Å². The second-order valence-corrected chi connectivity index (χ2v) is 5.96. The Balaban J connectivity index is 1.64. The Morgan fingerprint density at radius 3 is 2.81 bits per heavy atom. The molecule has 1 aromatic carbocycles. The fraction of sp³-hybridized carbons (Fsp3) is 0.588. The number of benzene rings is 1. The normalized spacial score (nSPS) is 15.2. The molecule has 1 aromatic rings. The smallest absolute Gasteiger partial charge is 0.315 e. The van der Waals surface area contributed by atoms with Crippen LogP contribution in [-0.2, 0) is 0 Å². The van der Waals surface area contributed by atoms with Crippen LogP contribution in [0.15, 0.2) is 24.3 Å². The summed E-state index contributed by atoms with van der Waals surface area (Å²) < 4.78 is 5.67. The van der Waals surface area contributed by atoms with Gasteiger partial charge in [0.1, 0.15) is 12.4 Å². The maximum atomic E-state index is 11.7. The van der Waals surface area contributed by atoms with Crippen molar-refractivity contribution in [2.75, 3.05) is 13.2 Å². The van der Waals surface area contributed by atoms with Gasteiger partial charge in [0.05, 0.1) is 6.54 Å². The Bertz CT molecular complexity index is 454. The van der Waals surface area contributed by atoms with E-state index in [4.69, 9.17) is 4.74 Å². The summed E-state index contributed by atoms with van der Waals surface area (Å²) in [5, 5.41) is 5.84. The zero-order valence-electron chi connectivity index (χ0n) is 13.0. The molecule has 1 saturated carbocycles. The molecule has 2 N–H and O–H groups in total. The first-order valence-corrected chi connectivity index (χ1v) is 7.92. The molecule has 4 heteroatoms. The van der Waals surface area contributed by atoms with E-state index in [0.717, 1.165) is 18.6 Å². The number of carbonyl (C=O) groups is 1. The zero-order valence-corrected chi connectivity index (χ0v) is 13.0. The highest BCUT2D eigenvalue weighted by Crippen LogP contribution is 2.20. The first-order valence-electron chi connectivity index (χ1n) is 7.92. The van der Waals surface area contributed by atoms with Gasteiger partial charge in [-0.3, -0.25) is 0 Å². The number of hydrogen-bond acceptors (Lipinski definition) is 2. The lowest BCUT2D eigenvalue weighted by molar-refractivity contribution is 0.233. The third kappa shape index (κ3) is 5.29. The van der Waals surface area contributed by atoms with Crippen LogP contribution in [0.4, 0.5) is 4.79 Å². The third-order valence-electron chi connectivity index (χ3n) is 3.87. The molecule has 21 heavy (non-hydrogen) atoms. The van der Waals surface area contributed by atoms with Crippen molar-refractivity contribution in [1.29, 1.82) is 0 Å². The van der Waals surface area contributed by atoms with Crippen molar-refractivity contribution in [3.05, 3.63) is 29.8 Å². The van der Waals surface area contributed by atoms with Crippen molar-refractivity contribution < 1.29 is 9.53 Å². The van der Waals surface area contributed by atoms with Crippen molar-refractivity contribution >= 4 is 6.03 Å². The molecule has 0 aliphatic heterocycles. The van der Waals surface area contributed by atoms with Crippen LogP contribution < -0.4 is 15.4 Å². The molecule has 0 unspecified atom stereocenters. The molecule has 1 aliphatic rings. The van der Waals surface area contributed by atoms with Crippen molar-refractivity contribution in [1.82, 2.24) is 10.6 Å². The standard InChI is InChI=1S/C17H26N2O2/c1-13(2)14-6-5-9-16(12-14)21-11-10-18-17(20)19-15-7-3-4-8-15/h5-6,9,12-13,15H,3-4,7-8,10-11H2,1-2H3,(H2,18,19,20). The molecule has 0 spiro atoms. The Kier molecular flexibility index (Phi) is 5.90. The lowest BCUT2D eigenvalue weighted by Crippen LogP contribution is -2.42. The Morgan fingerprint density at radius 2 is 2.10 bits per heavy atom. The fourth-order valence-electron chi connectivity index (χ4n) is 2.60. The quantitative estimate of drug-likeness (QED) is 0.789. The van der Waals surface area contributed by atoms with Crippen molar-refractivity contribution in [2.24, 2.45) is 0 Å². The summed E-state index contributed by atoms with van der Waals surface area (Å²) in [5.41, 5.74) is 1.26. The summed E-state index contributed by atoms with van der Waals surface area (Å²) in [6.07, 6.45) is 4.65. The summed E-state index contributed by atoms with van der Waals surface area (Å²) in [7, 11) is 0. The molecule has 0 aromatic heterocycles. The van der Waals surface area contributed by atoms with Crippen LogP contribution in [0.3, 0.4) is 0 Å². The van der Waals surface area contributed by atoms with E-state index in [1.807, 2.05) is 12.1 Å². The predicted octanol–water partition coefficient (Wildman–Crippen LogP) is 3.43. The summed E-state index contributed by atoms with van der Waals surface area (Å²) in [6, 6.07) is 8.39. The van der Waals surface area contributed by atoms with Gasteiger partial charge in [0.2, 0.25) is 0 Å². The minimum atomic E-state index is -0.0820. The van der Waals surface area contributed by atoms with Crippen LogP contribution in [0.25, 0.3) is 0 Å². The maximum Gasteiger partial charge on any atom is 0.315 e. The van der Waals surface area contributed by atoms with E-state index in [1.165, 1.54) is 18.4 Å². The summed E-state index contributed by atoms with van der Waals surface area (Å²) in [6.45, 7) is 5.33. The van der Waals surface area contributed by atoms with E-state index in [2.05, 4.69) is 36.6 Å². The molecule has 2 amide bonds. The number of urea groups is 1. The van der Waals surface area contributed by atoms with Gasteiger partial charge in [-0.05, 0) is 36.5 Å². The highest BCUT2D eigenvalue weighted by atomic mass is 16.5. The van der Waals surface area contributed by atoms with Gasteiger partial charge in [-0.15, -0.1) is 0 Å². The zero-order chi connectivity index (χ0) is 15.1. The third-order valence-corrected chi connectivity index (χ3v) is 3.87. The number of carbonyl (C=O) groups excluding carboxylic acids is 1. The predicted molar refractivity (Wildman–Crippen MR) is 84.8 cm³/mol. The highest BCUT2D eigenvalue weighted by molar-refractivity contribution is 5.74. The Morgan fingerprint density at radius 1 is 1.33 bits per heavy atom. The van der Waals surface area contributed by atoms with Gasteiger partial charge >= 0.3 is 6.03 Å². The first kappa shape index (κ1) is 15.7. The van der Waals surface area contributed by atoms with Gasteiger partial charge in [-0.25, -0.2) is 4.79 Å². The molecular weight excluding hydrogens is 264 g/mol. The molecule has 1 aliphatic carbocycles. The van der Waals surface area contributed by atoms with E-state index in [-0.39, 0.29) is 6.03 Å². The Hall–Kier alpha value is -1.71. The highest BCUT2D eigenvalue weighted by Gasteiger charge is 2.16. The monoisotopic (exact) mass is 290 g/mol. The Labute approximate surface area is 127 Å². The van der Waals surface area contributed by atoms with E-state index in [9.17, 15) is 4.79 Å².